The molecule has 3 N–H and O–H groups in total. The zero-order valence-corrected chi connectivity index (χ0v) is 26.8. The Labute approximate surface area is 270 Å². The summed E-state index contributed by atoms with van der Waals surface area (Å²) in [6, 6.07) is 22.3. The third-order valence-electron chi connectivity index (χ3n) is 8.52. The van der Waals surface area contributed by atoms with E-state index in [1.54, 1.807) is 37.4 Å². The molecule has 5 rings (SSSR count). The molecule has 2 aliphatic rings. The van der Waals surface area contributed by atoms with Crippen molar-refractivity contribution in [1.29, 1.82) is 0 Å². The Morgan fingerprint density at radius 2 is 1.73 bits per heavy atom. The lowest BCUT2D eigenvalue weighted by molar-refractivity contribution is -0.123. The van der Waals surface area contributed by atoms with E-state index >= 15 is 0 Å². The SMILES string of the molecule is COCC1=C([C@H](O)CC/C(=C/c2cc(I)c(O)c(OC)c2)c2ccccc2)[C@H](CO)[C@@H]2C(=O)N(c3ccccc3)C(=O)[C@@H]2C1. The number of carbonyl (C=O) groups is 2. The molecular formula is C35H36INO7. The Balaban J connectivity index is 1.46. The quantitative estimate of drug-likeness (QED) is 0.105. The highest BCUT2D eigenvalue weighted by Crippen LogP contribution is 2.47. The molecule has 4 atom stereocenters. The highest BCUT2D eigenvalue weighted by atomic mass is 127. The Morgan fingerprint density at radius 3 is 2.36 bits per heavy atom. The molecule has 1 aliphatic heterocycles. The molecule has 1 fully saturated rings. The first kappa shape index (κ1) is 31.9. The van der Waals surface area contributed by atoms with Crippen LogP contribution in [0.25, 0.3) is 11.6 Å². The summed E-state index contributed by atoms with van der Waals surface area (Å²) < 4.78 is 11.5. The van der Waals surface area contributed by atoms with Gasteiger partial charge in [-0.15, -0.1) is 0 Å². The van der Waals surface area contributed by atoms with Gasteiger partial charge in [-0.1, -0.05) is 54.6 Å². The number of halogens is 1. The van der Waals surface area contributed by atoms with E-state index in [1.807, 2.05) is 48.5 Å². The maximum Gasteiger partial charge on any atom is 0.238 e. The van der Waals surface area contributed by atoms with Crippen LogP contribution in [0, 0.1) is 21.3 Å². The van der Waals surface area contributed by atoms with Gasteiger partial charge in [-0.2, -0.15) is 0 Å². The van der Waals surface area contributed by atoms with Gasteiger partial charge in [0.2, 0.25) is 11.8 Å². The van der Waals surface area contributed by atoms with E-state index in [1.165, 1.54) is 12.0 Å². The predicted octanol–water partition coefficient (Wildman–Crippen LogP) is 5.45. The fourth-order valence-corrected chi connectivity index (χ4v) is 7.16. The summed E-state index contributed by atoms with van der Waals surface area (Å²) in [5.74, 6) is -2.32. The van der Waals surface area contributed by atoms with E-state index < -0.39 is 23.9 Å². The van der Waals surface area contributed by atoms with Crippen molar-refractivity contribution in [2.24, 2.45) is 17.8 Å². The normalized spacial score (nSPS) is 21.1. The topological polar surface area (TPSA) is 117 Å². The number of nitrogens with zero attached hydrogens (tertiary/aromatic N) is 1. The number of aliphatic hydroxyl groups excluding tert-OH is 2. The molecule has 9 heteroatoms. The number of aromatic hydroxyl groups is 1. The van der Waals surface area contributed by atoms with Crippen molar-refractivity contribution in [3.8, 4) is 11.5 Å². The van der Waals surface area contributed by atoms with Gasteiger partial charge in [0.15, 0.2) is 11.5 Å². The van der Waals surface area contributed by atoms with Crippen LogP contribution in [0.15, 0.2) is 83.9 Å². The number of amides is 2. The number of imide groups is 1. The van der Waals surface area contributed by atoms with Crippen LogP contribution in [0.3, 0.4) is 0 Å². The molecular weight excluding hydrogens is 673 g/mol. The Morgan fingerprint density at radius 1 is 1.05 bits per heavy atom. The number of hydrogen-bond donors (Lipinski definition) is 3. The van der Waals surface area contributed by atoms with Crippen LogP contribution >= 0.6 is 22.6 Å². The second kappa shape index (κ2) is 14.1. The number of benzene rings is 3. The standard InChI is InChI=1S/C35H36INO7/c1-43-20-24-18-26-32(35(42)37(34(26)41)25-11-7-4-8-12-25)27(19-38)31(24)29(39)14-13-23(22-9-5-3-6-10-22)15-21-16-28(36)33(40)30(17-21)44-2/h3-12,15-17,26-27,29,32,38-40H,13-14,18-20H2,1-2H3/b23-15-/t26-,27+,29-,32-/m1/s1. The van der Waals surface area contributed by atoms with Crippen LogP contribution in [0.2, 0.25) is 0 Å². The zero-order valence-electron chi connectivity index (χ0n) is 24.7. The van der Waals surface area contributed by atoms with Crippen LogP contribution < -0.4 is 9.64 Å². The molecule has 1 heterocycles. The summed E-state index contributed by atoms with van der Waals surface area (Å²) in [7, 11) is 3.06. The largest absolute Gasteiger partial charge is 0.504 e. The zero-order chi connectivity index (χ0) is 31.4. The van der Waals surface area contributed by atoms with Crippen molar-refractivity contribution in [3.05, 3.63) is 98.6 Å². The first-order chi connectivity index (χ1) is 21.3. The van der Waals surface area contributed by atoms with Gasteiger partial charge >= 0.3 is 0 Å². The second-order valence-electron chi connectivity index (χ2n) is 11.1. The minimum atomic E-state index is -0.978. The number of rotatable bonds is 11. The molecule has 0 saturated carbocycles. The first-order valence-electron chi connectivity index (χ1n) is 14.5. The molecule has 1 saturated heterocycles. The van der Waals surface area contributed by atoms with E-state index in [-0.39, 0.29) is 37.2 Å². The molecule has 0 bridgehead atoms. The fraction of sp³-hybridized carbons (Fsp3) is 0.314. The van der Waals surface area contributed by atoms with Gasteiger partial charge in [-0.25, -0.2) is 0 Å². The summed E-state index contributed by atoms with van der Waals surface area (Å²) in [4.78, 5) is 28.5. The molecule has 0 radical (unpaired) electrons. The summed E-state index contributed by atoms with van der Waals surface area (Å²) >= 11 is 2.06. The fourth-order valence-electron chi connectivity index (χ4n) is 6.53. The molecule has 0 spiro atoms. The number of anilines is 1. The minimum absolute atomic E-state index is 0.0796. The van der Waals surface area contributed by atoms with Crippen LogP contribution in [-0.4, -0.2) is 60.7 Å². The van der Waals surface area contributed by atoms with Crippen LogP contribution in [0.4, 0.5) is 5.69 Å². The lowest BCUT2D eigenvalue weighted by Gasteiger charge is -2.36. The first-order valence-corrected chi connectivity index (χ1v) is 15.6. The second-order valence-corrected chi connectivity index (χ2v) is 12.3. The number of aliphatic hydroxyl groups is 2. The van der Waals surface area contributed by atoms with E-state index in [9.17, 15) is 24.9 Å². The number of phenolic OH excluding ortho intramolecular Hbond substituents is 1. The Bertz CT molecular complexity index is 1570. The maximum absolute atomic E-state index is 13.7. The number of phenols is 1. The summed E-state index contributed by atoms with van der Waals surface area (Å²) in [5.41, 5.74) is 4.60. The Hall–Kier alpha value is -3.51. The van der Waals surface area contributed by atoms with Gasteiger partial charge in [0.1, 0.15) is 0 Å². The smallest absolute Gasteiger partial charge is 0.238 e. The van der Waals surface area contributed by atoms with E-state index in [2.05, 4.69) is 22.6 Å². The van der Waals surface area contributed by atoms with Gasteiger partial charge < -0.3 is 24.8 Å². The van der Waals surface area contributed by atoms with Gasteiger partial charge in [0, 0.05) is 13.0 Å². The molecule has 3 aromatic rings. The van der Waals surface area contributed by atoms with Crippen molar-refractivity contribution in [1.82, 2.24) is 0 Å². The summed E-state index contributed by atoms with van der Waals surface area (Å²) in [6.07, 6.45) is 2.10. The monoisotopic (exact) mass is 709 g/mol. The molecule has 1 aliphatic carbocycles. The maximum atomic E-state index is 13.7. The number of fused-ring (bicyclic) bond motifs is 1. The van der Waals surface area contributed by atoms with Crippen LogP contribution in [-0.2, 0) is 14.3 Å². The Kier molecular flexibility index (Phi) is 10.2. The van der Waals surface area contributed by atoms with Crippen molar-refractivity contribution < 1.29 is 34.4 Å². The van der Waals surface area contributed by atoms with Gasteiger partial charge in [-0.3, -0.25) is 14.5 Å². The van der Waals surface area contributed by atoms with E-state index in [0.29, 0.717) is 33.4 Å². The molecule has 0 unspecified atom stereocenters. The summed E-state index contributed by atoms with van der Waals surface area (Å²) in [6.45, 7) is -0.193. The average molecular weight is 710 g/mol. The lowest BCUT2D eigenvalue weighted by atomic mass is 9.68. The molecule has 0 aromatic heterocycles. The number of ether oxygens (including phenoxy) is 2. The minimum Gasteiger partial charge on any atom is -0.504 e. The van der Waals surface area contributed by atoms with Crippen molar-refractivity contribution in [2.45, 2.75) is 25.4 Å². The number of hydrogen-bond acceptors (Lipinski definition) is 7. The number of allylic oxidation sites excluding steroid dienone is 1. The third kappa shape index (κ3) is 6.32. The molecule has 230 valence electrons. The van der Waals surface area contributed by atoms with Crippen molar-refractivity contribution in [3.63, 3.8) is 0 Å². The third-order valence-corrected chi connectivity index (χ3v) is 9.34. The molecule has 44 heavy (non-hydrogen) atoms. The number of para-hydroxylation sites is 1. The van der Waals surface area contributed by atoms with Gasteiger partial charge in [0.05, 0.1) is 47.5 Å². The molecule has 3 aromatic carbocycles. The van der Waals surface area contributed by atoms with Crippen LogP contribution in [0.1, 0.15) is 30.4 Å². The van der Waals surface area contributed by atoms with E-state index in [4.69, 9.17) is 9.47 Å². The predicted molar refractivity (Wildman–Crippen MR) is 177 cm³/mol. The van der Waals surface area contributed by atoms with Crippen molar-refractivity contribution >= 4 is 51.7 Å². The summed E-state index contributed by atoms with van der Waals surface area (Å²) in [5, 5.41) is 32.7. The van der Waals surface area contributed by atoms with Crippen LogP contribution in [0.5, 0.6) is 11.5 Å². The number of methoxy groups -OCH3 is 2. The average Bonchev–Trinajstić information content (AvgIpc) is 3.29. The lowest BCUT2D eigenvalue weighted by Crippen LogP contribution is -2.39. The molecule has 2 amide bonds. The highest BCUT2D eigenvalue weighted by molar-refractivity contribution is 14.1. The molecule has 8 nitrogen and oxygen atoms in total. The highest BCUT2D eigenvalue weighted by Gasteiger charge is 2.55. The van der Waals surface area contributed by atoms with Gasteiger partial charge in [-0.05, 0) is 94.0 Å². The van der Waals surface area contributed by atoms with Crippen molar-refractivity contribution in [2.75, 3.05) is 32.3 Å². The van der Waals surface area contributed by atoms with E-state index in [0.717, 1.165) is 22.3 Å². The number of carbonyl (C=O) groups excluding carboxylic acids is 2. The van der Waals surface area contributed by atoms with Gasteiger partial charge in [0.25, 0.3) is 0 Å².